The van der Waals surface area contributed by atoms with Crippen molar-refractivity contribution >= 4 is 23.2 Å². The molecule has 3 rings (SSSR count). The lowest BCUT2D eigenvalue weighted by Gasteiger charge is -2.39. The second-order valence-corrected chi connectivity index (χ2v) is 10.8. The minimum absolute atomic E-state index is 0.00484. The average Bonchev–Trinajstić information content (AvgIpc) is 3.23. The molecule has 174 valence electrons. The van der Waals surface area contributed by atoms with Crippen LogP contribution in [0.15, 0.2) is 35.7 Å². The molecular formula is C26H36N2O3S. The van der Waals surface area contributed by atoms with Crippen LogP contribution in [0.4, 0.5) is 0 Å². The van der Waals surface area contributed by atoms with E-state index >= 15 is 0 Å². The van der Waals surface area contributed by atoms with Gasteiger partial charge in [0.15, 0.2) is 0 Å². The lowest BCUT2D eigenvalue weighted by Crippen LogP contribution is -2.49. The first-order valence-electron chi connectivity index (χ1n) is 11.4. The summed E-state index contributed by atoms with van der Waals surface area (Å²) in [6.07, 6.45) is 2.10. The third kappa shape index (κ3) is 5.52. The molecule has 5 nitrogen and oxygen atoms in total. The number of ether oxygens (including phenoxy) is 1. The van der Waals surface area contributed by atoms with E-state index in [1.54, 1.807) is 23.3 Å². The molecule has 0 N–H and O–H groups in total. The molecule has 2 atom stereocenters. The molecule has 0 spiro atoms. The summed E-state index contributed by atoms with van der Waals surface area (Å²) in [7, 11) is 1.65. The number of thiophene rings is 1. The van der Waals surface area contributed by atoms with E-state index in [9.17, 15) is 9.59 Å². The van der Waals surface area contributed by atoms with Crippen LogP contribution in [0.25, 0.3) is 0 Å². The fourth-order valence-corrected chi connectivity index (χ4v) is 5.14. The first kappa shape index (κ1) is 24.3. The van der Waals surface area contributed by atoms with E-state index in [2.05, 4.69) is 39.1 Å². The monoisotopic (exact) mass is 456 g/mol. The minimum Gasteiger partial charge on any atom is -0.497 e. The van der Waals surface area contributed by atoms with Crippen molar-refractivity contribution in [1.82, 2.24) is 9.80 Å². The Morgan fingerprint density at radius 1 is 1.22 bits per heavy atom. The van der Waals surface area contributed by atoms with Gasteiger partial charge in [-0.2, -0.15) is 0 Å². The number of nitrogens with zero attached hydrogens (tertiary/aromatic N) is 2. The third-order valence-electron chi connectivity index (χ3n) is 6.15. The van der Waals surface area contributed by atoms with E-state index in [1.165, 1.54) is 10.4 Å². The Morgan fingerprint density at radius 3 is 2.50 bits per heavy atom. The fourth-order valence-electron chi connectivity index (χ4n) is 4.23. The maximum absolute atomic E-state index is 13.6. The van der Waals surface area contributed by atoms with Crippen LogP contribution in [-0.4, -0.2) is 47.9 Å². The number of benzene rings is 1. The predicted molar refractivity (Wildman–Crippen MR) is 130 cm³/mol. The van der Waals surface area contributed by atoms with Crippen LogP contribution < -0.4 is 4.74 Å². The molecule has 1 aromatic carbocycles. The maximum Gasteiger partial charge on any atom is 0.243 e. The van der Waals surface area contributed by atoms with Gasteiger partial charge in [-0.15, -0.1) is 11.3 Å². The zero-order chi connectivity index (χ0) is 23.5. The van der Waals surface area contributed by atoms with Crippen LogP contribution in [0.1, 0.15) is 69.5 Å². The number of carbonyl (C=O) groups is 2. The molecule has 2 amide bonds. The highest BCUT2D eigenvalue weighted by molar-refractivity contribution is 7.10. The molecular weight excluding hydrogens is 420 g/mol. The molecule has 0 bridgehead atoms. The van der Waals surface area contributed by atoms with Crippen molar-refractivity contribution in [1.29, 1.82) is 0 Å². The summed E-state index contributed by atoms with van der Waals surface area (Å²) in [6.45, 7) is 11.0. The summed E-state index contributed by atoms with van der Waals surface area (Å²) in [5.41, 5.74) is 2.14. The summed E-state index contributed by atoms with van der Waals surface area (Å²) in [6, 6.07) is 9.97. The minimum atomic E-state index is -0.139. The van der Waals surface area contributed by atoms with Gasteiger partial charge < -0.3 is 14.5 Å². The van der Waals surface area contributed by atoms with E-state index in [4.69, 9.17) is 4.74 Å². The first-order chi connectivity index (χ1) is 15.1. The molecule has 1 aliphatic rings. The second-order valence-electron chi connectivity index (χ2n) is 9.83. The molecule has 2 heterocycles. The maximum atomic E-state index is 13.6. The standard InChI is InChI=1S/C26H36N2O3S/c1-7-18(2)28(23(29)16-26(3,4)5)17-24(30)27-14-12-22-21(13-15-32-22)25(27)19-8-10-20(31-6)11-9-19/h8-11,13,15,18,25H,7,12,14,16-17H2,1-6H3. The van der Waals surface area contributed by atoms with E-state index in [0.29, 0.717) is 13.0 Å². The van der Waals surface area contributed by atoms with Gasteiger partial charge in [-0.05, 0) is 59.9 Å². The number of rotatable bonds is 7. The quantitative estimate of drug-likeness (QED) is 0.568. The van der Waals surface area contributed by atoms with Crippen LogP contribution in [0.3, 0.4) is 0 Å². The lowest BCUT2D eigenvalue weighted by atomic mass is 9.91. The number of hydrogen-bond donors (Lipinski definition) is 0. The topological polar surface area (TPSA) is 49.9 Å². The zero-order valence-corrected chi connectivity index (χ0v) is 21.0. The molecule has 32 heavy (non-hydrogen) atoms. The Bertz CT molecular complexity index is 929. The van der Waals surface area contributed by atoms with Crippen molar-refractivity contribution in [3.05, 3.63) is 51.7 Å². The molecule has 2 unspecified atom stereocenters. The Labute approximate surface area is 196 Å². The number of fused-ring (bicyclic) bond motifs is 1. The van der Waals surface area contributed by atoms with Crippen LogP contribution in [0, 0.1) is 5.41 Å². The molecule has 1 aliphatic heterocycles. The van der Waals surface area contributed by atoms with Crippen molar-refractivity contribution in [2.45, 2.75) is 66.0 Å². The van der Waals surface area contributed by atoms with Crippen LogP contribution in [0.2, 0.25) is 0 Å². The molecule has 0 saturated heterocycles. The molecule has 6 heteroatoms. The Balaban J connectivity index is 1.89. The lowest BCUT2D eigenvalue weighted by molar-refractivity contribution is -0.144. The average molecular weight is 457 g/mol. The number of amides is 2. The van der Waals surface area contributed by atoms with Gasteiger partial charge in [0.2, 0.25) is 11.8 Å². The summed E-state index contributed by atoms with van der Waals surface area (Å²) in [4.78, 5) is 31.8. The molecule has 0 radical (unpaired) electrons. The van der Waals surface area contributed by atoms with E-state index < -0.39 is 0 Å². The Morgan fingerprint density at radius 2 is 1.91 bits per heavy atom. The molecule has 0 saturated carbocycles. The van der Waals surface area contributed by atoms with Gasteiger partial charge in [-0.3, -0.25) is 9.59 Å². The van der Waals surface area contributed by atoms with Crippen LogP contribution in [0.5, 0.6) is 5.75 Å². The van der Waals surface area contributed by atoms with Gasteiger partial charge in [-0.25, -0.2) is 0 Å². The summed E-state index contributed by atoms with van der Waals surface area (Å²) in [5.74, 6) is 0.850. The van der Waals surface area contributed by atoms with Gasteiger partial charge >= 0.3 is 0 Å². The van der Waals surface area contributed by atoms with Gasteiger partial charge in [0.1, 0.15) is 12.3 Å². The predicted octanol–water partition coefficient (Wildman–Crippen LogP) is 5.29. The fraction of sp³-hybridized carbons (Fsp3) is 0.538. The second kappa shape index (κ2) is 10.1. The number of hydrogen-bond acceptors (Lipinski definition) is 4. The zero-order valence-electron chi connectivity index (χ0n) is 20.2. The van der Waals surface area contributed by atoms with Crippen molar-refractivity contribution in [2.75, 3.05) is 20.2 Å². The van der Waals surface area contributed by atoms with Gasteiger partial charge in [-0.1, -0.05) is 39.8 Å². The van der Waals surface area contributed by atoms with Crippen LogP contribution in [-0.2, 0) is 16.0 Å². The first-order valence-corrected chi connectivity index (χ1v) is 12.3. The van der Waals surface area contributed by atoms with E-state index in [1.807, 2.05) is 36.1 Å². The van der Waals surface area contributed by atoms with Crippen LogP contribution >= 0.6 is 11.3 Å². The highest BCUT2D eigenvalue weighted by Crippen LogP contribution is 2.38. The molecule has 1 aromatic heterocycles. The molecule has 0 fully saturated rings. The Hall–Kier alpha value is -2.34. The molecule has 2 aromatic rings. The van der Waals surface area contributed by atoms with Gasteiger partial charge in [0.05, 0.1) is 13.2 Å². The largest absolute Gasteiger partial charge is 0.497 e. The van der Waals surface area contributed by atoms with Gasteiger partial charge in [0, 0.05) is 23.9 Å². The summed E-state index contributed by atoms with van der Waals surface area (Å²) in [5, 5.41) is 2.10. The Kier molecular flexibility index (Phi) is 7.65. The highest BCUT2D eigenvalue weighted by atomic mass is 32.1. The van der Waals surface area contributed by atoms with Crippen molar-refractivity contribution in [2.24, 2.45) is 5.41 Å². The van der Waals surface area contributed by atoms with E-state index in [0.717, 1.165) is 24.2 Å². The smallest absolute Gasteiger partial charge is 0.243 e. The van der Waals surface area contributed by atoms with Crippen molar-refractivity contribution in [3.63, 3.8) is 0 Å². The highest BCUT2D eigenvalue weighted by Gasteiger charge is 2.35. The molecule has 0 aliphatic carbocycles. The van der Waals surface area contributed by atoms with Crippen molar-refractivity contribution in [3.8, 4) is 5.75 Å². The SMILES string of the molecule is CCC(C)N(CC(=O)N1CCc2sccc2C1c1ccc(OC)cc1)C(=O)CC(C)(C)C. The third-order valence-corrected chi connectivity index (χ3v) is 7.14. The van der Waals surface area contributed by atoms with Crippen molar-refractivity contribution < 1.29 is 14.3 Å². The van der Waals surface area contributed by atoms with Gasteiger partial charge in [0.25, 0.3) is 0 Å². The summed E-state index contributed by atoms with van der Waals surface area (Å²) >= 11 is 1.75. The number of carbonyl (C=O) groups excluding carboxylic acids is 2. The normalized spacial score (nSPS) is 16.9. The van der Waals surface area contributed by atoms with E-state index in [-0.39, 0.29) is 35.9 Å². The number of methoxy groups -OCH3 is 1. The summed E-state index contributed by atoms with van der Waals surface area (Å²) < 4.78 is 5.32.